The Morgan fingerprint density at radius 1 is 1.33 bits per heavy atom. The van der Waals surface area contributed by atoms with E-state index >= 15 is 0 Å². The molecule has 0 aliphatic rings. The van der Waals surface area contributed by atoms with E-state index in [-0.39, 0.29) is 0 Å². The van der Waals surface area contributed by atoms with E-state index in [0.717, 1.165) is 0 Å². The lowest BCUT2D eigenvalue weighted by molar-refractivity contribution is 0.0598. The zero-order valence-electron chi connectivity index (χ0n) is 11.4. The predicted octanol–water partition coefficient (Wildman–Crippen LogP) is 2.54. The Morgan fingerprint density at radius 2 is 2.10 bits per heavy atom. The number of hydrogen-bond acceptors (Lipinski definition) is 5. The molecular weight excluding hydrogens is 292 g/mol. The smallest absolute Gasteiger partial charge is 0.341 e. The van der Waals surface area contributed by atoms with E-state index in [1.54, 1.807) is 13.0 Å². The first-order valence-corrected chi connectivity index (χ1v) is 6.55. The van der Waals surface area contributed by atoms with Crippen LogP contribution in [0.3, 0.4) is 0 Å². The molecule has 0 bridgehead atoms. The van der Waals surface area contributed by atoms with Crippen LogP contribution in [0.1, 0.15) is 16.1 Å². The SMILES string of the molecule is COC(=O)c1cnc2nc(-c3ccccc3Cl)nn2c1C. The summed E-state index contributed by atoms with van der Waals surface area (Å²) in [5, 5.41) is 4.93. The predicted molar refractivity (Wildman–Crippen MR) is 77.3 cm³/mol. The number of methoxy groups -OCH3 is 1. The number of aromatic nitrogens is 4. The van der Waals surface area contributed by atoms with Crippen LogP contribution >= 0.6 is 11.6 Å². The van der Waals surface area contributed by atoms with Crippen molar-refractivity contribution in [3.63, 3.8) is 0 Å². The molecule has 0 spiro atoms. The number of carbonyl (C=O) groups is 1. The third-order valence-electron chi connectivity index (χ3n) is 3.13. The van der Waals surface area contributed by atoms with Crippen molar-refractivity contribution >= 4 is 23.3 Å². The van der Waals surface area contributed by atoms with E-state index in [1.807, 2.05) is 18.2 Å². The van der Waals surface area contributed by atoms with Gasteiger partial charge in [-0.25, -0.2) is 14.3 Å². The Bertz CT molecular complexity index is 844. The molecule has 1 aromatic carbocycles. The van der Waals surface area contributed by atoms with Crippen LogP contribution < -0.4 is 0 Å². The first kappa shape index (κ1) is 13.5. The van der Waals surface area contributed by atoms with Gasteiger partial charge in [0.2, 0.25) is 0 Å². The molecule has 0 unspecified atom stereocenters. The van der Waals surface area contributed by atoms with E-state index in [4.69, 9.17) is 16.3 Å². The zero-order chi connectivity index (χ0) is 15.0. The summed E-state index contributed by atoms with van der Waals surface area (Å²) < 4.78 is 6.22. The summed E-state index contributed by atoms with van der Waals surface area (Å²) in [4.78, 5) is 20.1. The van der Waals surface area contributed by atoms with E-state index in [1.165, 1.54) is 17.8 Å². The van der Waals surface area contributed by atoms with Crippen LogP contribution in [0.15, 0.2) is 30.5 Å². The standard InChI is InChI=1S/C14H11ClN4O2/c1-8-10(13(20)21-2)7-16-14-17-12(18-19(8)14)9-5-3-4-6-11(9)15/h3-7H,1-2H3. The molecular formula is C14H11ClN4O2. The Hall–Kier alpha value is -2.47. The van der Waals surface area contributed by atoms with Gasteiger partial charge in [0.15, 0.2) is 5.82 Å². The van der Waals surface area contributed by atoms with Crippen LogP contribution in [0, 0.1) is 6.92 Å². The summed E-state index contributed by atoms with van der Waals surface area (Å²) in [5.74, 6) is 0.394. The summed E-state index contributed by atoms with van der Waals surface area (Å²) in [6.07, 6.45) is 1.43. The number of carbonyl (C=O) groups excluding carboxylic acids is 1. The molecule has 3 aromatic rings. The molecule has 0 radical (unpaired) electrons. The number of benzene rings is 1. The normalized spacial score (nSPS) is 10.8. The summed E-state index contributed by atoms with van der Waals surface area (Å²) in [6, 6.07) is 7.28. The quantitative estimate of drug-likeness (QED) is 0.680. The average molecular weight is 303 g/mol. The van der Waals surface area contributed by atoms with Crippen molar-refractivity contribution in [2.24, 2.45) is 0 Å². The number of fused-ring (bicyclic) bond motifs is 1. The number of aryl methyl sites for hydroxylation is 1. The van der Waals surface area contributed by atoms with Gasteiger partial charge >= 0.3 is 5.97 Å². The molecule has 0 aliphatic carbocycles. The lowest BCUT2D eigenvalue weighted by Crippen LogP contribution is -2.09. The molecule has 106 valence electrons. The second kappa shape index (κ2) is 5.14. The van der Waals surface area contributed by atoms with Crippen molar-refractivity contribution in [3.8, 4) is 11.4 Å². The molecule has 2 heterocycles. The van der Waals surface area contributed by atoms with E-state index in [0.29, 0.717) is 33.4 Å². The number of ether oxygens (including phenoxy) is 1. The van der Waals surface area contributed by atoms with Gasteiger partial charge in [-0.1, -0.05) is 23.7 Å². The molecule has 0 atom stereocenters. The van der Waals surface area contributed by atoms with Crippen LogP contribution in [-0.2, 0) is 4.74 Å². The minimum absolute atomic E-state index is 0.348. The molecule has 21 heavy (non-hydrogen) atoms. The Labute approximate surface area is 125 Å². The number of nitrogens with zero attached hydrogens (tertiary/aromatic N) is 4. The van der Waals surface area contributed by atoms with Gasteiger partial charge in [0.1, 0.15) is 0 Å². The van der Waals surface area contributed by atoms with Gasteiger partial charge in [-0.3, -0.25) is 0 Å². The minimum atomic E-state index is -0.461. The second-order valence-corrected chi connectivity index (χ2v) is 4.78. The maximum atomic E-state index is 11.7. The van der Waals surface area contributed by atoms with Gasteiger partial charge in [-0.05, 0) is 19.1 Å². The van der Waals surface area contributed by atoms with Gasteiger partial charge in [-0.15, -0.1) is 5.10 Å². The molecule has 0 saturated heterocycles. The molecule has 3 rings (SSSR count). The Morgan fingerprint density at radius 3 is 2.81 bits per heavy atom. The molecule has 0 N–H and O–H groups in total. The van der Waals surface area contributed by atoms with Crippen LogP contribution in [0.5, 0.6) is 0 Å². The summed E-state index contributed by atoms with van der Waals surface area (Å²) in [6.45, 7) is 1.76. The minimum Gasteiger partial charge on any atom is -0.465 e. The second-order valence-electron chi connectivity index (χ2n) is 4.38. The van der Waals surface area contributed by atoms with Gasteiger partial charge in [0, 0.05) is 11.8 Å². The van der Waals surface area contributed by atoms with Gasteiger partial charge < -0.3 is 4.74 Å². The number of rotatable bonds is 2. The van der Waals surface area contributed by atoms with Gasteiger partial charge in [0.25, 0.3) is 5.78 Å². The van der Waals surface area contributed by atoms with Crippen molar-refractivity contribution in [2.45, 2.75) is 6.92 Å². The molecule has 0 amide bonds. The highest BCUT2D eigenvalue weighted by Gasteiger charge is 2.17. The van der Waals surface area contributed by atoms with Crippen LogP contribution in [0.4, 0.5) is 0 Å². The third kappa shape index (κ3) is 2.23. The fourth-order valence-corrected chi connectivity index (χ4v) is 2.23. The summed E-state index contributed by atoms with van der Waals surface area (Å²) >= 11 is 6.15. The Balaban J connectivity index is 2.19. The molecule has 6 nitrogen and oxygen atoms in total. The monoisotopic (exact) mass is 302 g/mol. The van der Waals surface area contributed by atoms with E-state index < -0.39 is 5.97 Å². The highest BCUT2D eigenvalue weighted by molar-refractivity contribution is 6.33. The molecule has 0 fully saturated rings. The maximum absolute atomic E-state index is 11.7. The maximum Gasteiger partial charge on any atom is 0.341 e. The Kier molecular flexibility index (Phi) is 3.31. The van der Waals surface area contributed by atoms with Crippen molar-refractivity contribution in [2.75, 3.05) is 7.11 Å². The summed E-state index contributed by atoms with van der Waals surface area (Å²) in [7, 11) is 1.32. The molecule has 2 aromatic heterocycles. The fraction of sp³-hybridized carbons (Fsp3) is 0.143. The van der Waals surface area contributed by atoms with Crippen LogP contribution in [0.2, 0.25) is 5.02 Å². The fourth-order valence-electron chi connectivity index (χ4n) is 2.01. The highest BCUT2D eigenvalue weighted by atomic mass is 35.5. The van der Waals surface area contributed by atoms with E-state index in [2.05, 4.69) is 15.1 Å². The van der Waals surface area contributed by atoms with Crippen molar-refractivity contribution < 1.29 is 9.53 Å². The van der Waals surface area contributed by atoms with Gasteiger partial charge in [0.05, 0.1) is 23.4 Å². The van der Waals surface area contributed by atoms with Crippen molar-refractivity contribution in [1.82, 2.24) is 19.6 Å². The largest absolute Gasteiger partial charge is 0.465 e. The first-order chi connectivity index (χ1) is 10.1. The van der Waals surface area contributed by atoms with Gasteiger partial charge in [-0.2, -0.15) is 4.98 Å². The third-order valence-corrected chi connectivity index (χ3v) is 3.46. The summed E-state index contributed by atoms with van der Waals surface area (Å²) in [5.41, 5.74) is 1.67. The molecule has 0 saturated carbocycles. The first-order valence-electron chi connectivity index (χ1n) is 6.17. The molecule has 0 aliphatic heterocycles. The van der Waals surface area contributed by atoms with Crippen LogP contribution in [0.25, 0.3) is 17.2 Å². The number of halogens is 1. The topological polar surface area (TPSA) is 69.4 Å². The lowest BCUT2D eigenvalue weighted by Gasteiger charge is -2.03. The van der Waals surface area contributed by atoms with E-state index in [9.17, 15) is 4.79 Å². The van der Waals surface area contributed by atoms with Crippen molar-refractivity contribution in [3.05, 3.63) is 46.7 Å². The number of hydrogen-bond donors (Lipinski definition) is 0. The highest BCUT2D eigenvalue weighted by Crippen LogP contribution is 2.25. The van der Waals surface area contributed by atoms with Crippen LogP contribution in [-0.4, -0.2) is 32.7 Å². The zero-order valence-corrected chi connectivity index (χ0v) is 12.1. The van der Waals surface area contributed by atoms with Crippen molar-refractivity contribution in [1.29, 1.82) is 0 Å². The average Bonchev–Trinajstić information content (AvgIpc) is 2.92. The number of esters is 1. The molecule has 7 heteroatoms. The lowest BCUT2D eigenvalue weighted by atomic mass is 10.2.